The van der Waals surface area contributed by atoms with E-state index >= 15 is 0 Å². The summed E-state index contributed by atoms with van der Waals surface area (Å²) >= 11 is 0. The van der Waals surface area contributed by atoms with Crippen LogP contribution in [-0.4, -0.2) is 23.8 Å². The van der Waals surface area contributed by atoms with E-state index in [1.54, 1.807) is 37.3 Å². The molecule has 1 saturated heterocycles. The van der Waals surface area contributed by atoms with Gasteiger partial charge in [-0.05, 0) is 5.56 Å². The first-order valence-electron chi connectivity index (χ1n) is 6.14. The molecule has 5 heteroatoms. The van der Waals surface area contributed by atoms with Crippen molar-refractivity contribution in [3.05, 3.63) is 35.9 Å². The molecule has 2 atom stereocenters. The molecule has 1 aliphatic rings. The van der Waals surface area contributed by atoms with Crippen molar-refractivity contribution in [3.63, 3.8) is 0 Å². The number of hydrogen-bond acceptors (Lipinski definition) is 4. The van der Waals surface area contributed by atoms with Gasteiger partial charge in [0.05, 0.1) is 12.1 Å². The van der Waals surface area contributed by atoms with E-state index in [9.17, 15) is 20.1 Å². The quantitative estimate of drug-likeness (QED) is 0.716. The molecule has 0 saturated carbocycles. The van der Waals surface area contributed by atoms with Gasteiger partial charge in [0, 0.05) is 12.5 Å². The van der Waals surface area contributed by atoms with Crippen LogP contribution in [0.3, 0.4) is 0 Å². The molecule has 5 nitrogen and oxygen atoms in total. The normalized spacial score (nSPS) is 29.7. The van der Waals surface area contributed by atoms with Crippen LogP contribution in [0.25, 0.3) is 0 Å². The van der Waals surface area contributed by atoms with Crippen LogP contribution in [-0.2, 0) is 15.0 Å². The molecular weight excluding hydrogens is 254 g/mol. The number of carbonyl (C=O) groups is 2. The highest BCUT2D eigenvalue weighted by molar-refractivity contribution is 6.03. The fourth-order valence-corrected chi connectivity index (χ4v) is 2.68. The van der Waals surface area contributed by atoms with Crippen LogP contribution in [0.1, 0.15) is 12.5 Å². The molecule has 1 heterocycles. The Labute approximate surface area is 117 Å². The first-order valence-corrected chi connectivity index (χ1v) is 6.14. The van der Waals surface area contributed by atoms with E-state index in [4.69, 9.17) is 0 Å². The van der Waals surface area contributed by atoms with Gasteiger partial charge in [-0.2, -0.15) is 10.5 Å². The third kappa shape index (κ3) is 1.68. The Morgan fingerprint density at radius 3 is 1.90 bits per heavy atom. The lowest BCUT2D eigenvalue weighted by Gasteiger charge is -2.43. The molecule has 2 unspecified atom stereocenters. The number of amides is 2. The summed E-state index contributed by atoms with van der Waals surface area (Å²) < 4.78 is 0. The van der Waals surface area contributed by atoms with E-state index in [0.717, 1.165) is 4.90 Å². The summed E-state index contributed by atoms with van der Waals surface area (Å²) in [5.74, 6) is -3.24. The van der Waals surface area contributed by atoms with E-state index in [0.29, 0.717) is 5.56 Å². The number of piperidine rings is 1. The maximum Gasteiger partial charge on any atom is 0.247 e. The Kier molecular flexibility index (Phi) is 3.29. The highest BCUT2D eigenvalue weighted by atomic mass is 16.2. The predicted octanol–water partition coefficient (Wildman–Crippen LogP) is 1.22. The predicted molar refractivity (Wildman–Crippen MR) is 69.8 cm³/mol. The van der Waals surface area contributed by atoms with Crippen molar-refractivity contribution in [2.45, 2.75) is 12.3 Å². The van der Waals surface area contributed by atoms with Gasteiger partial charge in [-0.3, -0.25) is 14.5 Å². The second-order valence-corrected chi connectivity index (χ2v) is 5.01. The zero-order chi connectivity index (χ0) is 14.9. The van der Waals surface area contributed by atoms with Crippen LogP contribution < -0.4 is 0 Å². The Bertz CT molecular complexity index is 605. The average Bonchev–Trinajstić information content (AvgIpc) is 2.47. The summed E-state index contributed by atoms with van der Waals surface area (Å²) in [5.41, 5.74) is -0.487. The minimum atomic E-state index is -1.13. The zero-order valence-electron chi connectivity index (χ0n) is 11.2. The Morgan fingerprint density at radius 1 is 1.05 bits per heavy atom. The van der Waals surface area contributed by atoms with Crippen LogP contribution in [0.2, 0.25) is 0 Å². The largest absolute Gasteiger partial charge is 0.283 e. The molecule has 1 aliphatic heterocycles. The minimum Gasteiger partial charge on any atom is -0.283 e. The number of nitrogens with zero attached hydrogens (tertiary/aromatic N) is 3. The molecular formula is C15H13N3O2. The first-order chi connectivity index (χ1) is 9.48. The molecule has 0 spiro atoms. The van der Waals surface area contributed by atoms with Gasteiger partial charge in [-0.25, -0.2) is 0 Å². The summed E-state index contributed by atoms with van der Waals surface area (Å²) in [5, 5.41) is 18.7. The van der Waals surface area contributed by atoms with E-state index in [-0.39, 0.29) is 0 Å². The van der Waals surface area contributed by atoms with Crippen molar-refractivity contribution in [2.75, 3.05) is 7.05 Å². The number of likely N-dealkylation sites (tertiary alicyclic amines) is 1. The summed E-state index contributed by atoms with van der Waals surface area (Å²) in [6.45, 7) is 1.63. The molecule has 1 aromatic rings. The summed E-state index contributed by atoms with van der Waals surface area (Å²) in [4.78, 5) is 25.3. The van der Waals surface area contributed by atoms with Crippen molar-refractivity contribution in [3.8, 4) is 12.1 Å². The van der Waals surface area contributed by atoms with Crippen LogP contribution >= 0.6 is 0 Å². The molecule has 100 valence electrons. The van der Waals surface area contributed by atoms with Gasteiger partial charge in [0.2, 0.25) is 11.8 Å². The third-order valence-corrected chi connectivity index (χ3v) is 4.01. The molecule has 0 N–H and O–H groups in total. The van der Waals surface area contributed by atoms with Gasteiger partial charge in [-0.1, -0.05) is 37.3 Å². The number of imide groups is 1. The topological polar surface area (TPSA) is 85.0 Å². The lowest BCUT2D eigenvalue weighted by Crippen LogP contribution is -2.59. The standard InChI is InChI=1S/C15H13N3O2/c1-15(10-6-4-3-5-7-10)11(8-16)13(19)18(2)14(20)12(15)9-17/h3-7,11-12H,1-2H3. The van der Waals surface area contributed by atoms with Gasteiger partial charge in [0.25, 0.3) is 0 Å². The molecule has 0 aliphatic carbocycles. The molecule has 0 radical (unpaired) electrons. The Morgan fingerprint density at radius 2 is 1.50 bits per heavy atom. The Balaban J connectivity index is 2.69. The van der Waals surface area contributed by atoms with Gasteiger partial charge >= 0.3 is 0 Å². The van der Waals surface area contributed by atoms with Gasteiger partial charge < -0.3 is 0 Å². The minimum absolute atomic E-state index is 0.560. The van der Waals surface area contributed by atoms with E-state index < -0.39 is 29.1 Å². The molecule has 0 aromatic heterocycles. The van der Waals surface area contributed by atoms with Crippen LogP contribution in [0.15, 0.2) is 30.3 Å². The zero-order valence-corrected chi connectivity index (χ0v) is 11.2. The SMILES string of the molecule is CN1C(=O)C(C#N)C(C)(c2ccccc2)C(C#N)C1=O. The lowest BCUT2D eigenvalue weighted by atomic mass is 9.61. The number of hydrogen-bond donors (Lipinski definition) is 0. The maximum atomic E-state index is 12.2. The number of carbonyl (C=O) groups excluding carboxylic acids is 2. The lowest BCUT2D eigenvalue weighted by molar-refractivity contribution is -0.154. The molecule has 20 heavy (non-hydrogen) atoms. The number of benzene rings is 1. The van der Waals surface area contributed by atoms with E-state index in [1.165, 1.54) is 7.05 Å². The first kappa shape index (κ1) is 13.8. The van der Waals surface area contributed by atoms with Crippen LogP contribution in [0.4, 0.5) is 0 Å². The molecule has 1 aromatic carbocycles. The molecule has 0 bridgehead atoms. The second kappa shape index (κ2) is 4.79. The van der Waals surface area contributed by atoms with E-state index in [1.807, 2.05) is 12.1 Å². The highest BCUT2D eigenvalue weighted by Gasteiger charge is 2.56. The summed E-state index contributed by atoms with van der Waals surface area (Å²) in [6.07, 6.45) is 0. The third-order valence-electron chi connectivity index (χ3n) is 4.01. The van der Waals surface area contributed by atoms with Crippen LogP contribution in [0, 0.1) is 34.5 Å². The van der Waals surface area contributed by atoms with Crippen molar-refractivity contribution in [1.29, 1.82) is 10.5 Å². The summed E-state index contributed by atoms with van der Waals surface area (Å²) in [6, 6.07) is 12.7. The fourth-order valence-electron chi connectivity index (χ4n) is 2.68. The van der Waals surface area contributed by atoms with Crippen molar-refractivity contribution >= 4 is 11.8 Å². The monoisotopic (exact) mass is 267 g/mol. The average molecular weight is 267 g/mol. The number of nitriles is 2. The summed E-state index contributed by atoms with van der Waals surface area (Å²) in [7, 11) is 1.31. The van der Waals surface area contributed by atoms with Crippen LogP contribution in [0.5, 0.6) is 0 Å². The molecule has 2 rings (SSSR count). The molecule has 2 amide bonds. The van der Waals surface area contributed by atoms with Crippen molar-refractivity contribution in [1.82, 2.24) is 4.90 Å². The second-order valence-electron chi connectivity index (χ2n) is 5.01. The van der Waals surface area contributed by atoms with Crippen molar-refractivity contribution in [2.24, 2.45) is 11.8 Å². The maximum absolute atomic E-state index is 12.2. The Hall–Kier alpha value is -2.66. The van der Waals surface area contributed by atoms with Gasteiger partial charge in [0.15, 0.2) is 0 Å². The van der Waals surface area contributed by atoms with Crippen molar-refractivity contribution < 1.29 is 9.59 Å². The number of rotatable bonds is 1. The van der Waals surface area contributed by atoms with Gasteiger partial charge in [0.1, 0.15) is 11.8 Å². The smallest absolute Gasteiger partial charge is 0.247 e. The van der Waals surface area contributed by atoms with Gasteiger partial charge in [-0.15, -0.1) is 0 Å². The molecule has 1 fully saturated rings. The van der Waals surface area contributed by atoms with E-state index in [2.05, 4.69) is 0 Å². The highest BCUT2D eigenvalue weighted by Crippen LogP contribution is 2.43. The fraction of sp³-hybridized carbons (Fsp3) is 0.333.